The lowest BCUT2D eigenvalue weighted by Crippen LogP contribution is -2.20. The number of carbonyl (C=O) groups is 2. The van der Waals surface area contributed by atoms with E-state index in [0.29, 0.717) is 16.8 Å². The Morgan fingerprint density at radius 2 is 1.65 bits per heavy atom. The van der Waals surface area contributed by atoms with Gasteiger partial charge in [0.1, 0.15) is 6.54 Å². The number of nitro benzene ring substituents is 1. The molecule has 9 nitrogen and oxygen atoms in total. The lowest BCUT2D eigenvalue weighted by Gasteiger charge is -2.07. The van der Waals surface area contributed by atoms with Crippen LogP contribution in [0.2, 0.25) is 0 Å². The largest absolute Gasteiger partial charge is 0.337 e. The minimum Gasteiger partial charge on any atom is -0.337 e. The van der Waals surface area contributed by atoms with Crippen LogP contribution in [0.1, 0.15) is 11.1 Å². The summed E-state index contributed by atoms with van der Waals surface area (Å²) >= 11 is 0. The smallest absolute Gasteiger partial charge is 0.273 e. The van der Waals surface area contributed by atoms with E-state index in [9.17, 15) is 19.7 Å². The number of amides is 2. The van der Waals surface area contributed by atoms with Crippen molar-refractivity contribution in [3.05, 3.63) is 106 Å². The zero-order valence-electron chi connectivity index (χ0n) is 18.0. The van der Waals surface area contributed by atoms with Crippen molar-refractivity contribution in [3.8, 4) is 0 Å². The average molecular weight is 455 g/mol. The topological polar surface area (TPSA) is 119 Å². The van der Waals surface area contributed by atoms with Crippen molar-refractivity contribution in [1.29, 1.82) is 0 Å². The summed E-state index contributed by atoms with van der Waals surface area (Å²) < 4.78 is 1.81. The molecule has 0 atom stereocenters. The van der Waals surface area contributed by atoms with E-state index in [1.165, 1.54) is 18.3 Å². The van der Waals surface area contributed by atoms with Gasteiger partial charge in [-0.05, 0) is 18.2 Å². The maximum absolute atomic E-state index is 12.5. The number of aromatic nitrogens is 1. The highest BCUT2D eigenvalue weighted by atomic mass is 16.6. The number of fused-ring (bicyclic) bond motifs is 1. The van der Waals surface area contributed by atoms with Crippen molar-refractivity contribution >= 4 is 40.3 Å². The molecule has 1 heterocycles. The number of para-hydroxylation sites is 3. The number of anilines is 1. The van der Waals surface area contributed by atoms with Gasteiger partial charge in [-0.2, -0.15) is 5.10 Å². The van der Waals surface area contributed by atoms with Crippen molar-refractivity contribution in [2.24, 2.45) is 5.10 Å². The molecule has 0 saturated heterocycles. The molecule has 0 unspecified atom stereocenters. The summed E-state index contributed by atoms with van der Waals surface area (Å²) in [7, 11) is 0. The van der Waals surface area contributed by atoms with Crippen LogP contribution in [-0.2, 0) is 22.6 Å². The third-order valence-electron chi connectivity index (χ3n) is 5.12. The summed E-state index contributed by atoms with van der Waals surface area (Å²) in [5.41, 5.74) is 4.88. The van der Waals surface area contributed by atoms with Gasteiger partial charge in [-0.25, -0.2) is 5.43 Å². The van der Waals surface area contributed by atoms with Gasteiger partial charge in [0.05, 0.1) is 17.6 Å². The van der Waals surface area contributed by atoms with Crippen molar-refractivity contribution in [1.82, 2.24) is 9.99 Å². The third kappa shape index (κ3) is 5.33. The number of hydrogen-bond acceptors (Lipinski definition) is 5. The zero-order chi connectivity index (χ0) is 23.9. The minimum atomic E-state index is -0.519. The van der Waals surface area contributed by atoms with Crippen LogP contribution in [0.3, 0.4) is 0 Å². The lowest BCUT2D eigenvalue weighted by molar-refractivity contribution is -0.385. The van der Waals surface area contributed by atoms with Gasteiger partial charge in [-0.15, -0.1) is 0 Å². The van der Waals surface area contributed by atoms with E-state index in [0.717, 1.165) is 10.9 Å². The van der Waals surface area contributed by atoms with Gasteiger partial charge in [0.15, 0.2) is 0 Å². The second-order valence-corrected chi connectivity index (χ2v) is 7.50. The maximum atomic E-state index is 12.5. The summed E-state index contributed by atoms with van der Waals surface area (Å²) in [4.78, 5) is 35.4. The predicted molar refractivity (Wildman–Crippen MR) is 130 cm³/mol. The van der Waals surface area contributed by atoms with Crippen LogP contribution in [0, 0.1) is 10.1 Å². The fourth-order valence-corrected chi connectivity index (χ4v) is 3.61. The molecule has 34 heavy (non-hydrogen) atoms. The molecular formula is C25H21N5O4. The first-order valence-electron chi connectivity index (χ1n) is 10.5. The van der Waals surface area contributed by atoms with Crippen LogP contribution in [0.4, 0.5) is 11.4 Å². The number of carbonyl (C=O) groups excluding carboxylic acids is 2. The monoisotopic (exact) mass is 455 g/mol. The quantitative estimate of drug-likeness (QED) is 0.238. The molecule has 0 radical (unpaired) electrons. The Morgan fingerprint density at radius 3 is 2.44 bits per heavy atom. The van der Waals surface area contributed by atoms with E-state index in [1.807, 2.05) is 59.2 Å². The van der Waals surface area contributed by atoms with Gasteiger partial charge in [-0.1, -0.05) is 54.6 Å². The first kappa shape index (κ1) is 22.4. The van der Waals surface area contributed by atoms with E-state index in [-0.39, 0.29) is 24.6 Å². The number of rotatable bonds is 8. The fourth-order valence-electron chi connectivity index (χ4n) is 3.61. The molecule has 1 aromatic heterocycles. The van der Waals surface area contributed by atoms with E-state index in [4.69, 9.17) is 0 Å². The van der Waals surface area contributed by atoms with E-state index >= 15 is 0 Å². The van der Waals surface area contributed by atoms with Crippen LogP contribution in [0.25, 0.3) is 10.9 Å². The second kappa shape index (κ2) is 10.2. The maximum Gasteiger partial charge on any atom is 0.273 e. The Morgan fingerprint density at radius 1 is 0.941 bits per heavy atom. The molecule has 2 N–H and O–H groups in total. The average Bonchev–Trinajstić information content (AvgIpc) is 3.17. The Balaban J connectivity index is 1.45. The molecule has 0 aliphatic heterocycles. The molecule has 0 bridgehead atoms. The third-order valence-corrected chi connectivity index (χ3v) is 5.12. The highest BCUT2D eigenvalue weighted by Crippen LogP contribution is 2.21. The molecule has 0 saturated carbocycles. The normalized spacial score (nSPS) is 10.9. The summed E-state index contributed by atoms with van der Waals surface area (Å²) in [5, 5.41) is 18.9. The number of hydrogen-bond donors (Lipinski definition) is 2. The van der Waals surface area contributed by atoms with Crippen LogP contribution in [0.15, 0.2) is 90.2 Å². The molecule has 2 amide bonds. The molecule has 0 aliphatic carbocycles. The Bertz CT molecular complexity index is 1380. The van der Waals surface area contributed by atoms with E-state index < -0.39 is 10.8 Å². The van der Waals surface area contributed by atoms with Gasteiger partial charge in [0, 0.05) is 40.0 Å². The first-order valence-corrected chi connectivity index (χ1v) is 10.5. The summed E-state index contributed by atoms with van der Waals surface area (Å²) in [6.45, 7) is 0.104. The van der Waals surface area contributed by atoms with Crippen molar-refractivity contribution in [3.63, 3.8) is 0 Å². The van der Waals surface area contributed by atoms with Gasteiger partial charge in [0.2, 0.25) is 11.8 Å². The van der Waals surface area contributed by atoms with Gasteiger partial charge in [-0.3, -0.25) is 19.7 Å². The van der Waals surface area contributed by atoms with E-state index in [2.05, 4.69) is 15.8 Å². The van der Waals surface area contributed by atoms with Gasteiger partial charge < -0.3 is 9.88 Å². The second-order valence-electron chi connectivity index (χ2n) is 7.50. The standard InChI is InChI=1S/C25H21N5O4/c31-24(14-18-8-4-6-12-22(18)30(33)34)28-26-15-19-16-29(23-13-7-5-11-21(19)23)17-25(32)27-20-9-2-1-3-10-20/h1-13,15-16H,14,17H2,(H,27,32)(H,28,31). The summed E-state index contributed by atoms with van der Waals surface area (Å²) in [6.07, 6.45) is 3.11. The predicted octanol–water partition coefficient (Wildman–Crippen LogP) is 3.88. The number of nitrogens with zero attached hydrogens (tertiary/aromatic N) is 3. The molecule has 9 heteroatoms. The SMILES string of the molecule is O=C(Cc1ccccc1[N+](=O)[O-])NN=Cc1cn(CC(=O)Nc2ccccc2)c2ccccc12. The Kier molecular flexibility index (Phi) is 6.73. The summed E-state index contributed by atoms with van der Waals surface area (Å²) in [6, 6.07) is 22.8. The highest BCUT2D eigenvalue weighted by Gasteiger charge is 2.15. The Hall–Kier alpha value is -4.79. The summed E-state index contributed by atoms with van der Waals surface area (Å²) in [5.74, 6) is -0.648. The van der Waals surface area contributed by atoms with Crippen molar-refractivity contribution < 1.29 is 14.5 Å². The fraction of sp³-hybridized carbons (Fsp3) is 0.0800. The molecule has 4 rings (SSSR count). The van der Waals surface area contributed by atoms with Gasteiger partial charge in [0.25, 0.3) is 5.69 Å². The number of benzene rings is 3. The van der Waals surface area contributed by atoms with Crippen LogP contribution < -0.4 is 10.7 Å². The lowest BCUT2D eigenvalue weighted by atomic mass is 10.1. The number of nitro groups is 1. The van der Waals surface area contributed by atoms with Crippen molar-refractivity contribution in [2.75, 3.05) is 5.32 Å². The molecule has 170 valence electrons. The number of nitrogens with one attached hydrogen (secondary N) is 2. The molecule has 0 spiro atoms. The van der Waals surface area contributed by atoms with Crippen molar-refractivity contribution in [2.45, 2.75) is 13.0 Å². The minimum absolute atomic E-state index is 0.104. The molecular weight excluding hydrogens is 434 g/mol. The van der Waals surface area contributed by atoms with Crippen LogP contribution >= 0.6 is 0 Å². The first-order chi connectivity index (χ1) is 16.5. The molecule has 0 fully saturated rings. The Labute approximate surface area is 194 Å². The van der Waals surface area contributed by atoms with E-state index in [1.54, 1.807) is 18.3 Å². The molecule has 3 aromatic carbocycles. The van der Waals surface area contributed by atoms with Crippen LogP contribution in [0.5, 0.6) is 0 Å². The highest BCUT2D eigenvalue weighted by molar-refractivity contribution is 6.00. The molecule has 4 aromatic rings. The zero-order valence-corrected chi connectivity index (χ0v) is 18.0. The van der Waals surface area contributed by atoms with Gasteiger partial charge >= 0.3 is 0 Å². The molecule has 0 aliphatic rings. The number of hydrazone groups is 1. The van der Waals surface area contributed by atoms with Crippen LogP contribution in [-0.4, -0.2) is 27.5 Å².